The molecule has 0 aliphatic rings. The number of carboxylic acid groups (broad SMARTS) is 1. The van der Waals surface area contributed by atoms with E-state index in [0.29, 0.717) is 5.92 Å². The van der Waals surface area contributed by atoms with Gasteiger partial charge in [-0.3, -0.25) is 0 Å². The van der Waals surface area contributed by atoms with Crippen molar-refractivity contribution in [2.75, 3.05) is 0 Å². The molecule has 1 aromatic rings. The van der Waals surface area contributed by atoms with Gasteiger partial charge in [-0.2, -0.15) is 0 Å². The zero-order valence-electron chi connectivity index (χ0n) is 15.3. The van der Waals surface area contributed by atoms with Crippen LogP contribution in [0.4, 0.5) is 0 Å². The largest absolute Gasteiger partial charge is 0.478 e. The molecule has 0 spiro atoms. The molecule has 0 saturated carbocycles. The van der Waals surface area contributed by atoms with E-state index in [0.717, 1.165) is 44.1 Å². The summed E-state index contributed by atoms with van der Waals surface area (Å²) >= 11 is 0. The standard InChI is InChI=1S/C20H30O4/c1-5-7-8-16(11-9-14(3)4)24-20(23)17-12-10-15(6-2)13-18(17)19(21)22/h10,12-14,16H,5-9,11H2,1-4H3,(H,21,22). The molecular formula is C20H30O4. The van der Waals surface area contributed by atoms with E-state index in [4.69, 9.17) is 4.74 Å². The van der Waals surface area contributed by atoms with Crippen LogP contribution in [0.1, 0.15) is 86.1 Å². The van der Waals surface area contributed by atoms with Crippen molar-refractivity contribution in [3.63, 3.8) is 0 Å². The van der Waals surface area contributed by atoms with Gasteiger partial charge in [0.05, 0.1) is 11.1 Å². The van der Waals surface area contributed by atoms with Crippen molar-refractivity contribution in [1.82, 2.24) is 0 Å². The van der Waals surface area contributed by atoms with Gasteiger partial charge in [-0.25, -0.2) is 9.59 Å². The number of hydrogen-bond acceptors (Lipinski definition) is 3. The van der Waals surface area contributed by atoms with E-state index in [1.807, 2.05) is 6.92 Å². The van der Waals surface area contributed by atoms with Gasteiger partial charge in [0.15, 0.2) is 0 Å². The summed E-state index contributed by atoms with van der Waals surface area (Å²) in [6.07, 6.45) is 5.25. The summed E-state index contributed by atoms with van der Waals surface area (Å²) in [5, 5.41) is 9.38. The Balaban J connectivity index is 2.91. The van der Waals surface area contributed by atoms with Crippen molar-refractivity contribution in [3.05, 3.63) is 34.9 Å². The van der Waals surface area contributed by atoms with Crippen molar-refractivity contribution in [2.45, 2.75) is 72.3 Å². The molecule has 0 heterocycles. The molecule has 134 valence electrons. The van der Waals surface area contributed by atoms with Crippen LogP contribution >= 0.6 is 0 Å². The van der Waals surface area contributed by atoms with Gasteiger partial charge >= 0.3 is 11.9 Å². The summed E-state index contributed by atoms with van der Waals surface area (Å²) in [5.41, 5.74) is 1.06. The second kappa shape index (κ2) is 10.1. The zero-order valence-corrected chi connectivity index (χ0v) is 15.3. The Morgan fingerprint density at radius 3 is 2.33 bits per heavy atom. The highest BCUT2D eigenvalue weighted by atomic mass is 16.5. The third kappa shape index (κ3) is 6.34. The summed E-state index contributed by atoms with van der Waals surface area (Å²) in [4.78, 5) is 24.0. The van der Waals surface area contributed by atoms with E-state index >= 15 is 0 Å². The van der Waals surface area contributed by atoms with E-state index in [9.17, 15) is 14.7 Å². The molecule has 0 amide bonds. The molecule has 0 saturated heterocycles. The molecule has 4 nitrogen and oxygen atoms in total. The Morgan fingerprint density at radius 2 is 1.79 bits per heavy atom. The highest BCUT2D eigenvalue weighted by molar-refractivity contribution is 6.02. The maximum atomic E-state index is 12.5. The fourth-order valence-electron chi connectivity index (χ4n) is 2.59. The number of ether oxygens (including phenoxy) is 1. The lowest BCUT2D eigenvalue weighted by atomic mass is 10.0. The Labute approximate surface area is 145 Å². The van der Waals surface area contributed by atoms with Crippen LogP contribution in [-0.4, -0.2) is 23.1 Å². The third-order valence-corrected chi connectivity index (χ3v) is 4.16. The normalized spacial score (nSPS) is 12.2. The van der Waals surface area contributed by atoms with Gasteiger partial charge in [0.25, 0.3) is 0 Å². The van der Waals surface area contributed by atoms with Crippen molar-refractivity contribution in [3.8, 4) is 0 Å². The average Bonchev–Trinajstić information content (AvgIpc) is 2.56. The molecule has 0 bridgehead atoms. The zero-order chi connectivity index (χ0) is 18.1. The first-order valence-electron chi connectivity index (χ1n) is 8.96. The Morgan fingerprint density at radius 1 is 1.08 bits per heavy atom. The number of carboxylic acids is 1. The van der Waals surface area contributed by atoms with Crippen molar-refractivity contribution in [2.24, 2.45) is 5.92 Å². The number of carbonyl (C=O) groups excluding carboxylic acids is 1. The minimum absolute atomic E-state index is 0.0254. The predicted molar refractivity (Wildman–Crippen MR) is 95.6 cm³/mol. The number of esters is 1. The molecule has 0 aliphatic heterocycles. The number of carbonyl (C=O) groups is 2. The van der Waals surface area contributed by atoms with E-state index < -0.39 is 11.9 Å². The van der Waals surface area contributed by atoms with Crippen molar-refractivity contribution >= 4 is 11.9 Å². The van der Waals surface area contributed by atoms with E-state index in [-0.39, 0.29) is 17.2 Å². The summed E-state index contributed by atoms with van der Waals surface area (Å²) in [7, 11) is 0. The highest BCUT2D eigenvalue weighted by Crippen LogP contribution is 2.19. The Bertz CT molecular complexity index is 549. The van der Waals surface area contributed by atoms with Crippen LogP contribution in [0.3, 0.4) is 0 Å². The monoisotopic (exact) mass is 334 g/mol. The second-order valence-electron chi connectivity index (χ2n) is 6.68. The topological polar surface area (TPSA) is 63.6 Å². The van der Waals surface area contributed by atoms with Crippen molar-refractivity contribution in [1.29, 1.82) is 0 Å². The first-order valence-corrected chi connectivity index (χ1v) is 8.96. The lowest BCUT2D eigenvalue weighted by Gasteiger charge is -2.19. The van der Waals surface area contributed by atoms with Crippen LogP contribution < -0.4 is 0 Å². The fraction of sp³-hybridized carbons (Fsp3) is 0.600. The Kier molecular flexibility index (Phi) is 8.51. The molecule has 0 fully saturated rings. The number of unbranched alkanes of at least 4 members (excludes halogenated alkanes) is 1. The molecule has 24 heavy (non-hydrogen) atoms. The molecule has 1 unspecified atom stereocenters. The van der Waals surface area contributed by atoms with Gasteiger partial charge in [-0.05, 0) is 49.3 Å². The summed E-state index contributed by atoms with van der Waals surface area (Å²) in [6.45, 7) is 8.34. The maximum Gasteiger partial charge on any atom is 0.339 e. The van der Waals surface area contributed by atoms with Crippen LogP contribution in [0.25, 0.3) is 0 Å². The van der Waals surface area contributed by atoms with E-state index in [1.54, 1.807) is 18.2 Å². The quantitative estimate of drug-likeness (QED) is 0.605. The van der Waals surface area contributed by atoms with Crippen LogP contribution in [0, 0.1) is 5.92 Å². The minimum Gasteiger partial charge on any atom is -0.478 e. The number of aromatic carboxylic acids is 1. The van der Waals surface area contributed by atoms with Crippen molar-refractivity contribution < 1.29 is 19.4 Å². The lowest BCUT2D eigenvalue weighted by molar-refractivity contribution is 0.0238. The summed E-state index contributed by atoms with van der Waals surface area (Å²) < 4.78 is 5.65. The predicted octanol–water partition coefficient (Wildman–Crippen LogP) is 5.10. The molecule has 1 aromatic carbocycles. The van der Waals surface area contributed by atoms with Gasteiger partial charge in [-0.15, -0.1) is 0 Å². The third-order valence-electron chi connectivity index (χ3n) is 4.16. The molecule has 1 rings (SSSR count). The molecule has 0 aromatic heterocycles. The first-order chi connectivity index (χ1) is 11.4. The average molecular weight is 334 g/mol. The molecule has 0 radical (unpaired) electrons. The van der Waals surface area contributed by atoms with Gasteiger partial charge in [-0.1, -0.05) is 46.6 Å². The molecule has 1 atom stereocenters. The maximum absolute atomic E-state index is 12.5. The smallest absolute Gasteiger partial charge is 0.339 e. The minimum atomic E-state index is -1.09. The van der Waals surface area contributed by atoms with Crippen LogP contribution in [0.15, 0.2) is 18.2 Å². The number of hydrogen-bond donors (Lipinski definition) is 1. The van der Waals surface area contributed by atoms with Gasteiger partial charge in [0, 0.05) is 0 Å². The summed E-state index contributed by atoms with van der Waals surface area (Å²) in [6, 6.07) is 4.93. The molecule has 1 N–H and O–H groups in total. The van der Waals surface area contributed by atoms with Crippen LogP contribution in [-0.2, 0) is 11.2 Å². The van der Waals surface area contributed by atoms with Gasteiger partial charge in [0.2, 0.25) is 0 Å². The fourth-order valence-corrected chi connectivity index (χ4v) is 2.59. The molecular weight excluding hydrogens is 304 g/mol. The Hall–Kier alpha value is -1.84. The van der Waals surface area contributed by atoms with E-state index in [1.165, 1.54) is 0 Å². The number of benzene rings is 1. The first kappa shape index (κ1) is 20.2. The highest BCUT2D eigenvalue weighted by Gasteiger charge is 2.21. The van der Waals surface area contributed by atoms with Gasteiger partial charge < -0.3 is 9.84 Å². The summed E-state index contributed by atoms with van der Waals surface area (Å²) in [5.74, 6) is -1.07. The van der Waals surface area contributed by atoms with Crippen LogP contribution in [0.5, 0.6) is 0 Å². The number of aryl methyl sites for hydroxylation is 1. The second-order valence-corrected chi connectivity index (χ2v) is 6.68. The SMILES string of the molecule is CCCCC(CCC(C)C)OC(=O)c1ccc(CC)cc1C(=O)O. The van der Waals surface area contributed by atoms with Crippen LogP contribution in [0.2, 0.25) is 0 Å². The van der Waals surface area contributed by atoms with Gasteiger partial charge in [0.1, 0.15) is 6.10 Å². The lowest BCUT2D eigenvalue weighted by Crippen LogP contribution is -2.21. The van der Waals surface area contributed by atoms with E-state index in [2.05, 4.69) is 20.8 Å². The molecule has 0 aliphatic carbocycles. The molecule has 4 heteroatoms. The number of rotatable bonds is 10.